The number of halogens is 1. The quantitative estimate of drug-likeness (QED) is 0.618. The van der Waals surface area contributed by atoms with Crippen molar-refractivity contribution in [1.29, 1.82) is 0 Å². The molecule has 1 fully saturated rings. The van der Waals surface area contributed by atoms with Crippen molar-refractivity contribution in [2.45, 2.75) is 25.0 Å². The molecular formula is C24H24ClNO. The number of nitrogens with one attached hydrogen (secondary N) is 1. The maximum atomic E-state index is 6.32. The summed E-state index contributed by atoms with van der Waals surface area (Å²) < 4.78 is 6.32. The number of hydrogen-bond donors (Lipinski definition) is 1. The van der Waals surface area contributed by atoms with Crippen molar-refractivity contribution in [2.24, 2.45) is 0 Å². The van der Waals surface area contributed by atoms with E-state index in [1.165, 1.54) is 22.3 Å². The Morgan fingerprint density at radius 3 is 2.30 bits per heavy atom. The van der Waals surface area contributed by atoms with Crippen molar-refractivity contribution in [1.82, 2.24) is 5.32 Å². The van der Waals surface area contributed by atoms with E-state index in [1.807, 2.05) is 18.2 Å². The van der Waals surface area contributed by atoms with Crippen LogP contribution in [0.3, 0.4) is 0 Å². The molecule has 2 nitrogen and oxygen atoms in total. The summed E-state index contributed by atoms with van der Waals surface area (Å²) in [7, 11) is 0. The molecule has 0 radical (unpaired) electrons. The zero-order valence-electron chi connectivity index (χ0n) is 15.3. The first-order valence-corrected chi connectivity index (χ1v) is 9.89. The Bertz CT molecular complexity index is 846. The molecule has 0 unspecified atom stereocenters. The third-order valence-corrected chi connectivity index (χ3v) is 5.50. The van der Waals surface area contributed by atoms with E-state index in [0.29, 0.717) is 12.5 Å². The maximum absolute atomic E-state index is 6.32. The van der Waals surface area contributed by atoms with Gasteiger partial charge in [-0.3, -0.25) is 0 Å². The molecule has 1 aliphatic rings. The highest BCUT2D eigenvalue weighted by Crippen LogP contribution is 2.29. The van der Waals surface area contributed by atoms with Crippen LogP contribution in [0.2, 0.25) is 5.02 Å². The third kappa shape index (κ3) is 4.59. The number of piperidine rings is 1. The molecule has 3 aromatic carbocycles. The Hall–Kier alpha value is -2.13. The van der Waals surface area contributed by atoms with E-state index >= 15 is 0 Å². The Labute approximate surface area is 166 Å². The molecule has 27 heavy (non-hydrogen) atoms. The van der Waals surface area contributed by atoms with E-state index < -0.39 is 0 Å². The van der Waals surface area contributed by atoms with Gasteiger partial charge >= 0.3 is 0 Å². The predicted octanol–water partition coefficient (Wildman–Crippen LogP) is 5.67. The molecular weight excluding hydrogens is 354 g/mol. The first-order chi connectivity index (χ1) is 13.3. The van der Waals surface area contributed by atoms with E-state index in [-0.39, 0.29) is 6.10 Å². The molecule has 2 atom stereocenters. The second-order valence-electron chi connectivity index (χ2n) is 7.06. The minimum atomic E-state index is 0.175. The van der Waals surface area contributed by atoms with Crippen LogP contribution in [0.1, 0.15) is 23.5 Å². The number of ether oxygens (including phenoxy) is 1. The number of hydrogen-bond acceptors (Lipinski definition) is 2. The molecule has 4 rings (SSSR count). The van der Waals surface area contributed by atoms with Crippen molar-refractivity contribution in [3.8, 4) is 11.1 Å². The molecule has 138 valence electrons. The van der Waals surface area contributed by atoms with Crippen LogP contribution in [0.15, 0.2) is 78.9 Å². The average molecular weight is 378 g/mol. The fourth-order valence-electron chi connectivity index (χ4n) is 3.72. The summed E-state index contributed by atoms with van der Waals surface area (Å²) in [5, 5.41) is 4.24. The second-order valence-corrected chi connectivity index (χ2v) is 7.50. The van der Waals surface area contributed by atoms with Gasteiger partial charge in [-0.15, -0.1) is 0 Å². The van der Waals surface area contributed by atoms with Crippen LogP contribution in [0, 0.1) is 0 Å². The van der Waals surface area contributed by atoms with Gasteiger partial charge in [0.1, 0.15) is 0 Å². The van der Waals surface area contributed by atoms with E-state index in [2.05, 4.69) is 66.0 Å². The molecule has 0 aromatic heterocycles. The zero-order chi connectivity index (χ0) is 18.5. The summed E-state index contributed by atoms with van der Waals surface area (Å²) in [5.74, 6) is 0.409. The molecule has 3 heteroatoms. The van der Waals surface area contributed by atoms with Gasteiger partial charge in [-0.25, -0.2) is 0 Å². The third-order valence-electron chi connectivity index (χ3n) is 5.25. The van der Waals surface area contributed by atoms with Crippen molar-refractivity contribution in [3.63, 3.8) is 0 Å². The average Bonchev–Trinajstić information content (AvgIpc) is 2.74. The summed E-state index contributed by atoms with van der Waals surface area (Å²) in [4.78, 5) is 0. The van der Waals surface area contributed by atoms with Gasteiger partial charge < -0.3 is 10.1 Å². The standard InChI is InChI=1S/C24H24ClNO/c25-22-12-10-21(11-13-22)23-14-15-26-16-24(23)27-17-18-6-8-20(9-7-18)19-4-2-1-3-5-19/h1-13,23-24,26H,14-17H2/t23-,24+/m1/s1. The van der Waals surface area contributed by atoms with Crippen LogP contribution < -0.4 is 5.32 Å². The largest absolute Gasteiger partial charge is 0.372 e. The normalized spacial score (nSPS) is 19.7. The fraction of sp³-hybridized carbons (Fsp3) is 0.250. The van der Waals surface area contributed by atoms with Crippen LogP contribution in [-0.2, 0) is 11.3 Å². The smallest absolute Gasteiger partial charge is 0.0772 e. The Balaban J connectivity index is 1.41. The van der Waals surface area contributed by atoms with Gasteiger partial charge in [0.25, 0.3) is 0 Å². The van der Waals surface area contributed by atoms with Crippen LogP contribution in [-0.4, -0.2) is 19.2 Å². The highest BCUT2D eigenvalue weighted by molar-refractivity contribution is 6.30. The lowest BCUT2D eigenvalue weighted by atomic mass is 9.88. The topological polar surface area (TPSA) is 21.3 Å². The summed E-state index contributed by atoms with van der Waals surface area (Å²) in [6, 6.07) is 27.3. The van der Waals surface area contributed by atoms with Crippen molar-refractivity contribution in [2.75, 3.05) is 13.1 Å². The SMILES string of the molecule is Clc1ccc([C@H]2CCNC[C@@H]2OCc2ccc(-c3ccccc3)cc2)cc1. The monoisotopic (exact) mass is 377 g/mol. The van der Waals surface area contributed by atoms with Gasteiger partial charge in [0.05, 0.1) is 12.7 Å². The van der Waals surface area contributed by atoms with Gasteiger partial charge in [-0.2, -0.15) is 0 Å². The van der Waals surface area contributed by atoms with Gasteiger partial charge in [0, 0.05) is 17.5 Å². The van der Waals surface area contributed by atoms with Crippen LogP contribution >= 0.6 is 11.6 Å². The first-order valence-electron chi connectivity index (χ1n) is 9.52. The van der Waals surface area contributed by atoms with Gasteiger partial charge in [-0.1, -0.05) is 78.3 Å². The van der Waals surface area contributed by atoms with Gasteiger partial charge in [0.2, 0.25) is 0 Å². The highest BCUT2D eigenvalue weighted by atomic mass is 35.5. The fourth-order valence-corrected chi connectivity index (χ4v) is 3.85. The Kier molecular flexibility index (Phi) is 5.88. The zero-order valence-corrected chi connectivity index (χ0v) is 16.0. The molecule has 0 bridgehead atoms. The lowest BCUT2D eigenvalue weighted by Crippen LogP contribution is -2.40. The molecule has 0 spiro atoms. The van der Waals surface area contributed by atoms with Crippen molar-refractivity contribution in [3.05, 3.63) is 95.0 Å². The molecule has 1 N–H and O–H groups in total. The molecule has 3 aromatic rings. The van der Waals surface area contributed by atoms with Crippen LogP contribution in [0.5, 0.6) is 0 Å². The van der Waals surface area contributed by atoms with Crippen molar-refractivity contribution < 1.29 is 4.74 Å². The van der Waals surface area contributed by atoms with Crippen molar-refractivity contribution >= 4 is 11.6 Å². The Morgan fingerprint density at radius 1 is 0.852 bits per heavy atom. The van der Waals surface area contributed by atoms with Gasteiger partial charge in [-0.05, 0) is 47.4 Å². The minimum absolute atomic E-state index is 0.175. The number of benzene rings is 3. The maximum Gasteiger partial charge on any atom is 0.0772 e. The van der Waals surface area contributed by atoms with Crippen LogP contribution in [0.4, 0.5) is 0 Å². The van der Waals surface area contributed by atoms with Gasteiger partial charge in [0.15, 0.2) is 0 Å². The molecule has 0 aliphatic carbocycles. The van der Waals surface area contributed by atoms with E-state index in [1.54, 1.807) is 0 Å². The lowest BCUT2D eigenvalue weighted by Gasteiger charge is -2.32. The molecule has 1 saturated heterocycles. The molecule has 1 aliphatic heterocycles. The first kappa shape index (κ1) is 18.2. The summed E-state index contributed by atoms with van der Waals surface area (Å²) in [5.41, 5.74) is 4.99. The minimum Gasteiger partial charge on any atom is -0.372 e. The van der Waals surface area contributed by atoms with E-state index in [0.717, 1.165) is 24.5 Å². The van der Waals surface area contributed by atoms with Crippen LogP contribution in [0.25, 0.3) is 11.1 Å². The summed E-state index contributed by atoms with van der Waals surface area (Å²) >= 11 is 6.04. The molecule has 0 amide bonds. The summed E-state index contributed by atoms with van der Waals surface area (Å²) in [6.45, 7) is 2.54. The lowest BCUT2D eigenvalue weighted by molar-refractivity contribution is 0.0106. The molecule has 1 heterocycles. The second kappa shape index (κ2) is 8.71. The van der Waals surface area contributed by atoms with E-state index in [9.17, 15) is 0 Å². The molecule has 0 saturated carbocycles. The number of rotatable bonds is 5. The van der Waals surface area contributed by atoms with E-state index in [4.69, 9.17) is 16.3 Å². The summed E-state index contributed by atoms with van der Waals surface area (Å²) in [6.07, 6.45) is 1.26. The Morgan fingerprint density at radius 2 is 1.56 bits per heavy atom. The highest BCUT2D eigenvalue weighted by Gasteiger charge is 2.27. The predicted molar refractivity (Wildman–Crippen MR) is 112 cm³/mol.